The van der Waals surface area contributed by atoms with E-state index in [4.69, 9.17) is 15.6 Å². The second-order valence-electron chi connectivity index (χ2n) is 8.28. The highest BCUT2D eigenvalue weighted by molar-refractivity contribution is 6.01. The first-order chi connectivity index (χ1) is 18.4. The first-order valence-corrected chi connectivity index (χ1v) is 11.7. The van der Waals surface area contributed by atoms with Crippen molar-refractivity contribution in [2.24, 2.45) is 5.73 Å². The average Bonchev–Trinajstić information content (AvgIpc) is 2.93. The van der Waals surface area contributed by atoms with Crippen molar-refractivity contribution in [2.45, 2.75) is 19.0 Å². The van der Waals surface area contributed by atoms with Crippen LogP contribution in [0, 0.1) is 0 Å². The molecule has 0 radical (unpaired) electrons. The van der Waals surface area contributed by atoms with E-state index in [1.54, 1.807) is 60.9 Å². The number of carboxylic acid groups (broad SMARTS) is 1. The maximum Gasteiger partial charge on any atom is 0.335 e. The summed E-state index contributed by atoms with van der Waals surface area (Å²) in [6.45, 7) is 0.347. The van der Waals surface area contributed by atoms with E-state index in [1.807, 2.05) is 6.07 Å². The fraction of sp³-hybridized carbons (Fsp3) is 0.107. The van der Waals surface area contributed by atoms with Crippen molar-refractivity contribution >= 4 is 23.5 Å². The maximum atomic E-state index is 13.3. The van der Waals surface area contributed by atoms with Crippen LogP contribution in [0.4, 0.5) is 5.69 Å². The summed E-state index contributed by atoms with van der Waals surface area (Å²) < 4.78 is 5.69. The Bertz CT molecular complexity index is 1410. The molecule has 4 rings (SSSR count). The molecule has 1 unspecified atom stereocenters. The van der Waals surface area contributed by atoms with E-state index in [9.17, 15) is 14.4 Å². The number of aromatic nitrogens is 2. The van der Waals surface area contributed by atoms with Gasteiger partial charge in [-0.2, -0.15) is 0 Å². The maximum absolute atomic E-state index is 13.3. The van der Waals surface area contributed by atoms with E-state index in [1.165, 1.54) is 24.3 Å². The Hall–Kier alpha value is -5.09. The van der Waals surface area contributed by atoms with Crippen LogP contribution in [0.5, 0.6) is 11.8 Å². The number of carbonyl (C=O) groups excluding carboxylic acids is 2. The van der Waals surface area contributed by atoms with Crippen molar-refractivity contribution in [1.29, 1.82) is 0 Å². The Morgan fingerprint density at radius 2 is 1.55 bits per heavy atom. The lowest BCUT2D eigenvalue weighted by Gasteiger charge is -2.19. The monoisotopic (exact) mass is 511 g/mol. The third-order valence-electron chi connectivity index (χ3n) is 5.56. The Labute approximate surface area is 218 Å². The molecule has 0 bridgehead atoms. The van der Waals surface area contributed by atoms with Crippen LogP contribution >= 0.6 is 0 Å². The van der Waals surface area contributed by atoms with Gasteiger partial charge in [0.2, 0.25) is 5.91 Å². The van der Waals surface area contributed by atoms with Gasteiger partial charge >= 0.3 is 12.0 Å². The zero-order valence-corrected chi connectivity index (χ0v) is 20.2. The fourth-order valence-corrected chi connectivity index (χ4v) is 3.58. The molecule has 2 amide bonds. The number of nitrogens with two attached hydrogens (primary N) is 1. The minimum Gasteiger partial charge on any atom is -0.478 e. The van der Waals surface area contributed by atoms with Crippen LogP contribution < -0.4 is 21.1 Å². The number of benzene rings is 3. The molecule has 1 aromatic heterocycles. The number of nitrogens with one attached hydrogen (secondary N) is 2. The van der Waals surface area contributed by atoms with Gasteiger partial charge in [0.1, 0.15) is 11.8 Å². The Balaban J connectivity index is 1.54. The van der Waals surface area contributed by atoms with Crippen molar-refractivity contribution in [2.75, 3.05) is 5.32 Å². The molecule has 3 aromatic carbocycles. The topological polar surface area (TPSA) is 157 Å². The predicted octanol–water partition coefficient (Wildman–Crippen LogP) is 3.41. The number of rotatable bonds is 10. The van der Waals surface area contributed by atoms with E-state index in [0.717, 1.165) is 11.1 Å². The van der Waals surface area contributed by atoms with Crippen LogP contribution in [0.2, 0.25) is 0 Å². The minimum absolute atomic E-state index is 0.0907. The van der Waals surface area contributed by atoms with Crippen LogP contribution in [-0.2, 0) is 17.8 Å². The lowest BCUT2D eigenvalue weighted by Crippen LogP contribution is -2.45. The number of carbonyl (C=O) groups is 3. The molecule has 38 heavy (non-hydrogen) atoms. The van der Waals surface area contributed by atoms with Gasteiger partial charge in [0.25, 0.3) is 5.91 Å². The van der Waals surface area contributed by atoms with Gasteiger partial charge in [0.05, 0.1) is 5.56 Å². The number of carboxylic acids is 1. The molecule has 0 fully saturated rings. The number of aromatic carboxylic acids is 1. The van der Waals surface area contributed by atoms with Gasteiger partial charge in [-0.15, -0.1) is 0 Å². The summed E-state index contributed by atoms with van der Waals surface area (Å²) in [5.74, 6) is -1.50. The van der Waals surface area contributed by atoms with Crippen molar-refractivity contribution < 1.29 is 24.2 Å². The number of amides is 2. The fourth-order valence-electron chi connectivity index (χ4n) is 3.58. The molecule has 0 saturated heterocycles. The largest absolute Gasteiger partial charge is 0.478 e. The van der Waals surface area contributed by atoms with E-state index in [-0.39, 0.29) is 18.0 Å². The first-order valence-electron chi connectivity index (χ1n) is 11.7. The zero-order valence-electron chi connectivity index (χ0n) is 20.2. The standard InChI is InChI=1S/C28H25N5O5/c29-17-18-5-7-20(8-6-18)25(34)33-24(26(35)32-22-11-9-21(10-12-22)27(36)37)16-19-3-1-4-23(15-19)38-28-30-13-2-14-31-28/h1-15,24H,16-17,29H2,(H,32,35)(H,33,34)(H,36,37). The van der Waals surface area contributed by atoms with Gasteiger partial charge in [-0.25, -0.2) is 14.8 Å². The summed E-state index contributed by atoms with van der Waals surface area (Å²) in [5, 5.41) is 14.6. The quantitative estimate of drug-likeness (QED) is 0.252. The molecule has 10 heteroatoms. The van der Waals surface area contributed by atoms with Crippen LogP contribution in [0.25, 0.3) is 0 Å². The van der Waals surface area contributed by atoms with Gasteiger partial charge in [-0.1, -0.05) is 24.3 Å². The van der Waals surface area contributed by atoms with Crippen LogP contribution in [0.15, 0.2) is 91.3 Å². The third-order valence-corrected chi connectivity index (χ3v) is 5.56. The number of ether oxygens (including phenoxy) is 1. The van der Waals surface area contributed by atoms with Crippen molar-refractivity contribution in [3.05, 3.63) is 114 Å². The molecule has 10 nitrogen and oxygen atoms in total. The Morgan fingerprint density at radius 3 is 2.21 bits per heavy atom. The molecule has 0 aliphatic heterocycles. The second kappa shape index (κ2) is 12.2. The first kappa shape index (κ1) is 26.0. The molecule has 0 aliphatic carbocycles. The summed E-state index contributed by atoms with van der Waals surface area (Å²) in [7, 11) is 0. The lowest BCUT2D eigenvalue weighted by atomic mass is 10.0. The second-order valence-corrected chi connectivity index (χ2v) is 8.28. The highest BCUT2D eigenvalue weighted by Gasteiger charge is 2.23. The molecular weight excluding hydrogens is 486 g/mol. The van der Waals surface area contributed by atoms with Crippen molar-refractivity contribution in [1.82, 2.24) is 15.3 Å². The number of hydrogen-bond donors (Lipinski definition) is 4. The lowest BCUT2D eigenvalue weighted by molar-refractivity contribution is -0.118. The molecular formula is C28H25N5O5. The van der Waals surface area contributed by atoms with Crippen molar-refractivity contribution in [3.63, 3.8) is 0 Å². The molecule has 0 spiro atoms. The summed E-state index contributed by atoms with van der Waals surface area (Å²) in [6.07, 6.45) is 3.27. The summed E-state index contributed by atoms with van der Waals surface area (Å²) in [4.78, 5) is 45.5. The Morgan fingerprint density at radius 1 is 0.868 bits per heavy atom. The minimum atomic E-state index is -1.07. The smallest absolute Gasteiger partial charge is 0.335 e. The average molecular weight is 512 g/mol. The number of nitrogens with zero attached hydrogens (tertiary/aromatic N) is 2. The summed E-state index contributed by atoms with van der Waals surface area (Å²) >= 11 is 0. The predicted molar refractivity (Wildman–Crippen MR) is 140 cm³/mol. The molecule has 192 valence electrons. The van der Waals surface area contributed by atoms with E-state index < -0.39 is 23.8 Å². The SMILES string of the molecule is NCc1ccc(C(=O)NC(Cc2cccc(Oc3ncccn3)c2)C(=O)Nc2ccc(C(=O)O)cc2)cc1. The zero-order chi connectivity index (χ0) is 26.9. The third kappa shape index (κ3) is 6.99. The van der Waals surface area contributed by atoms with E-state index in [2.05, 4.69) is 20.6 Å². The van der Waals surface area contributed by atoms with E-state index in [0.29, 0.717) is 23.5 Å². The van der Waals surface area contributed by atoms with Gasteiger partial charge in [0.15, 0.2) is 0 Å². The molecule has 0 saturated carbocycles. The summed E-state index contributed by atoms with van der Waals surface area (Å²) in [6, 6.07) is 20.5. The molecule has 0 aliphatic rings. The van der Waals surface area contributed by atoms with Gasteiger partial charge < -0.3 is 26.2 Å². The van der Waals surface area contributed by atoms with Gasteiger partial charge in [-0.3, -0.25) is 9.59 Å². The van der Waals surface area contributed by atoms with Crippen LogP contribution in [-0.4, -0.2) is 38.9 Å². The summed E-state index contributed by atoms with van der Waals surface area (Å²) in [5.41, 5.74) is 8.10. The highest BCUT2D eigenvalue weighted by Crippen LogP contribution is 2.20. The van der Waals surface area contributed by atoms with E-state index >= 15 is 0 Å². The van der Waals surface area contributed by atoms with Gasteiger partial charge in [0, 0.05) is 36.6 Å². The Kier molecular flexibility index (Phi) is 8.37. The highest BCUT2D eigenvalue weighted by atomic mass is 16.5. The molecule has 4 aromatic rings. The van der Waals surface area contributed by atoms with Gasteiger partial charge in [-0.05, 0) is 65.7 Å². The number of hydrogen-bond acceptors (Lipinski definition) is 7. The van der Waals surface area contributed by atoms with Crippen molar-refractivity contribution in [3.8, 4) is 11.8 Å². The molecule has 1 heterocycles. The molecule has 5 N–H and O–H groups in total. The normalized spacial score (nSPS) is 11.3. The van der Waals surface area contributed by atoms with Crippen LogP contribution in [0.1, 0.15) is 31.8 Å². The molecule has 1 atom stereocenters. The van der Waals surface area contributed by atoms with Crippen LogP contribution in [0.3, 0.4) is 0 Å². The number of anilines is 1.